The SMILES string of the molecule is CC(C)[C@@H]1NC(=O)N(CC(=O)Nc2ccc(OC(F)(F)F)cc2)C1=O. The van der Waals surface area contributed by atoms with Crippen LogP contribution in [-0.4, -0.2) is 41.7 Å². The molecule has 0 bridgehead atoms. The molecule has 1 saturated heterocycles. The molecule has 1 aromatic carbocycles. The number of nitrogens with one attached hydrogen (secondary N) is 2. The van der Waals surface area contributed by atoms with E-state index in [9.17, 15) is 27.6 Å². The normalized spacial score (nSPS) is 17.7. The highest BCUT2D eigenvalue weighted by molar-refractivity contribution is 6.08. The van der Waals surface area contributed by atoms with Crippen LogP contribution in [0.3, 0.4) is 0 Å². The Labute approximate surface area is 141 Å². The van der Waals surface area contributed by atoms with Gasteiger partial charge in [0.15, 0.2) is 0 Å². The molecule has 0 spiro atoms. The molecule has 2 rings (SSSR count). The van der Waals surface area contributed by atoms with E-state index in [1.165, 1.54) is 12.1 Å². The molecule has 1 aliphatic heterocycles. The molecule has 7 nitrogen and oxygen atoms in total. The van der Waals surface area contributed by atoms with Gasteiger partial charge in [0.2, 0.25) is 5.91 Å². The van der Waals surface area contributed by atoms with Gasteiger partial charge in [0.1, 0.15) is 18.3 Å². The molecule has 0 radical (unpaired) electrons. The summed E-state index contributed by atoms with van der Waals surface area (Å²) >= 11 is 0. The number of carbonyl (C=O) groups excluding carboxylic acids is 3. The summed E-state index contributed by atoms with van der Waals surface area (Å²) in [5.74, 6) is -1.70. The summed E-state index contributed by atoms with van der Waals surface area (Å²) in [4.78, 5) is 36.6. The highest BCUT2D eigenvalue weighted by atomic mass is 19.4. The molecule has 1 fully saturated rings. The van der Waals surface area contributed by atoms with Gasteiger partial charge in [0, 0.05) is 5.69 Å². The average molecular weight is 359 g/mol. The van der Waals surface area contributed by atoms with Crippen LogP contribution in [0.5, 0.6) is 5.75 Å². The number of urea groups is 1. The summed E-state index contributed by atoms with van der Waals surface area (Å²) < 4.78 is 39.9. The molecule has 2 N–H and O–H groups in total. The van der Waals surface area contributed by atoms with Gasteiger partial charge in [-0.2, -0.15) is 0 Å². The van der Waals surface area contributed by atoms with Gasteiger partial charge >= 0.3 is 12.4 Å². The number of halogens is 3. The minimum absolute atomic E-state index is 0.120. The number of carbonyl (C=O) groups is 3. The topological polar surface area (TPSA) is 87.7 Å². The van der Waals surface area contributed by atoms with Crippen molar-refractivity contribution in [3.05, 3.63) is 24.3 Å². The zero-order chi connectivity index (χ0) is 18.8. The summed E-state index contributed by atoms with van der Waals surface area (Å²) in [7, 11) is 0. The van der Waals surface area contributed by atoms with Crippen LogP contribution in [-0.2, 0) is 9.59 Å². The van der Waals surface area contributed by atoms with Crippen molar-refractivity contribution < 1.29 is 32.3 Å². The molecule has 0 unspecified atom stereocenters. The second-order valence-electron chi connectivity index (χ2n) is 5.72. The molecule has 1 aromatic rings. The van der Waals surface area contributed by atoms with Gasteiger partial charge in [-0.25, -0.2) is 4.79 Å². The maximum atomic E-state index is 12.1. The number of alkyl halides is 3. The Hall–Kier alpha value is -2.78. The van der Waals surface area contributed by atoms with E-state index in [4.69, 9.17) is 0 Å². The van der Waals surface area contributed by atoms with Gasteiger partial charge in [-0.3, -0.25) is 14.5 Å². The van der Waals surface area contributed by atoms with Crippen molar-refractivity contribution in [1.29, 1.82) is 0 Å². The van der Waals surface area contributed by atoms with Crippen molar-refractivity contribution in [1.82, 2.24) is 10.2 Å². The first-order valence-electron chi connectivity index (χ1n) is 7.34. The van der Waals surface area contributed by atoms with Gasteiger partial charge in [-0.1, -0.05) is 13.8 Å². The van der Waals surface area contributed by atoms with Crippen LogP contribution in [0.4, 0.5) is 23.7 Å². The lowest BCUT2D eigenvalue weighted by Gasteiger charge is -2.14. The van der Waals surface area contributed by atoms with Crippen molar-refractivity contribution in [2.45, 2.75) is 26.3 Å². The number of nitrogens with zero attached hydrogens (tertiary/aromatic N) is 1. The number of ether oxygens (including phenoxy) is 1. The predicted molar refractivity (Wildman–Crippen MR) is 80.6 cm³/mol. The predicted octanol–water partition coefficient (Wildman–Crippen LogP) is 2.10. The quantitative estimate of drug-likeness (QED) is 0.788. The second-order valence-corrected chi connectivity index (χ2v) is 5.72. The fourth-order valence-electron chi connectivity index (χ4n) is 2.23. The zero-order valence-electron chi connectivity index (χ0n) is 13.4. The fourth-order valence-corrected chi connectivity index (χ4v) is 2.23. The summed E-state index contributed by atoms with van der Waals surface area (Å²) in [5.41, 5.74) is 0.201. The Balaban J connectivity index is 1.94. The molecule has 0 saturated carbocycles. The first-order valence-corrected chi connectivity index (χ1v) is 7.34. The first kappa shape index (κ1) is 18.6. The molecule has 1 aliphatic rings. The number of hydrogen-bond acceptors (Lipinski definition) is 4. The van der Waals surface area contributed by atoms with E-state index in [0.29, 0.717) is 0 Å². The number of rotatable bonds is 5. The number of hydrogen-bond donors (Lipinski definition) is 2. The molecule has 1 atom stereocenters. The molecular formula is C15H16F3N3O4. The van der Waals surface area contributed by atoms with Crippen LogP contribution in [0.15, 0.2) is 24.3 Å². The zero-order valence-corrected chi connectivity index (χ0v) is 13.4. The Bertz CT molecular complexity index is 674. The smallest absolute Gasteiger partial charge is 0.406 e. The standard InChI is InChI=1S/C15H16F3N3O4/c1-8(2)12-13(23)21(14(24)20-12)7-11(22)19-9-3-5-10(6-4-9)25-15(16,17)18/h3-6,8,12H,7H2,1-2H3,(H,19,22)(H,20,24)/t12-/m0/s1. The van der Waals surface area contributed by atoms with E-state index in [0.717, 1.165) is 17.0 Å². The van der Waals surface area contributed by atoms with E-state index in [1.807, 2.05) is 0 Å². The molecule has 136 valence electrons. The number of anilines is 1. The van der Waals surface area contributed by atoms with Crippen LogP contribution in [0.2, 0.25) is 0 Å². The maximum absolute atomic E-state index is 12.1. The van der Waals surface area contributed by atoms with Crippen molar-refractivity contribution in [2.24, 2.45) is 5.92 Å². The molecule has 25 heavy (non-hydrogen) atoms. The van der Waals surface area contributed by atoms with Crippen LogP contribution in [0.25, 0.3) is 0 Å². The number of benzene rings is 1. The minimum atomic E-state index is -4.80. The third kappa shape index (κ3) is 4.85. The monoisotopic (exact) mass is 359 g/mol. The Morgan fingerprint density at radius 1 is 1.28 bits per heavy atom. The van der Waals surface area contributed by atoms with Gasteiger partial charge in [-0.05, 0) is 30.2 Å². The van der Waals surface area contributed by atoms with E-state index in [2.05, 4.69) is 15.4 Å². The van der Waals surface area contributed by atoms with Gasteiger partial charge < -0.3 is 15.4 Å². The van der Waals surface area contributed by atoms with Gasteiger partial charge in [0.05, 0.1) is 0 Å². The van der Waals surface area contributed by atoms with E-state index in [-0.39, 0.29) is 11.6 Å². The summed E-state index contributed by atoms with van der Waals surface area (Å²) in [6, 6.07) is 3.15. The molecule has 10 heteroatoms. The summed E-state index contributed by atoms with van der Waals surface area (Å²) in [5, 5.41) is 4.88. The number of amides is 4. The summed E-state index contributed by atoms with van der Waals surface area (Å²) in [6.07, 6.45) is -4.80. The first-order chi connectivity index (χ1) is 11.6. The highest BCUT2D eigenvalue weighted by Gasteiger charge is 2.40. The highest BCUT2D eigenvalue weighted by Crippen LogP contribution is 2.24. The maximum Gasteiger partial charge on any atom is 0.573 e. The van der Waals surface area contributed by atoms with Crippen LogP contribution in [0.1, 0.15) is 13.8 Å². The van der Waals surface area contributed by atoms with E-state index < -0.39 is 42.5 Å². The molecule has 1 heterocycles. The van der Waals surface area contributed by atoms with Crippen LogP contribution < -0.4 is 15.4 Å². The van der Waals surface area contributed by atoms with Crippen molar-refractivity contribution in [3.8, 4) is 5.75 Å². The third-order valence-electron chi connectivity index (χ3n) is 3.40. The second kappa shape index (κ2) is 6.99. The van der Waals surface area contributed by atoms with Crippen molar-refractivity contribution >= 4 is 23.5 Å². The molecular weight excluding hydrogens is 343 g/mol. The lowest BCUT2D eigenvalue weighted by atomic mass is 10.1. The molecule has 0 aliphatic carbocycles. The largest absolute Gasteiger partial charge is 0.573 e. The minimum Gasteiger partial charge on any atom is -0.406 e. The molecule has 0 aromatic heterocycles. The lowest BCUT2D eigenvalue weighted by Crippen LogP contribution is -2.39. The Kier molecular flexibility index (Phi) is 5.19. The van der Waals surface area contributed by atoms with Crippen molar-refractivity contribution in [2.75, 3.05) is 11.9 Å². The fraction of sp³-hybridized carbons (Fsp3) is 0.400. The van der Waals surface area contributed by atoms with E-state index >= 15 is 0 Å². The van der Waals surface area contributed by atoms with Gasteiger partial charge in [-0.15, -0.1) is 13.2 Å². The van der Waals surface area contributed by atoms with E-state index in [1.54, 1.807) is 13.8 Å². The van der Waals surface area contributed by atoms with Crippen LogP contribution in [0, 0.1) is 5.92 Å². The van der Waals surface area contributed by atoms with Gasteiger partial charge in [0.25, 0.3) is 5.91 Å². The number of imide groups is 1. The van der Waals surface area contributed by atoms with Crippen LogP contribution >= 0.6 is 0 Å². The summed E-state index contributed by atoms with van der Waals surface area (Å²) in [6.45, 7) is 3.03. The Morgan fingerprint density at radius 3 is 2.36 bits per heavy atom. The third-order valence-corrected chi connectivity index (χ3v) is 3.40. The molecule has 4 amide bonds. The van der Waals surface area contributed by atoms with Crippen molar-refractivity contribution in [3.63, 3.8) is 0 Å². The Morgan fingerprint density at radius 2 is 1.88 bits per heavy atom. The average Bonchev–Trinajstić information content (AvgIpc) is 2.76. The lowest BCUT2D eigenvalue weighted by molar-refractivity contribution is -0.274.